The second kappa shape index (κ2) is 7.62. The number of rotatable bonds is 7. The van der Waals surface area contributed by atoms with Crippen molar-refractivity contribution in [1.29, 1.82) is 0 Å². The summed E-state index contributed by atoms with van der Waals surface area (Å²) >= 11 is 4.22. The maximum absolute atomic E-state index is 5.62. The van der Waals surface area contributed by atoms with Crippen LogP contribution < -0.4 is 4.74 Å². The van der Waals surface area contributed by atoms with Crippen LogP contribution >= 0.6 is 12.6 Å². The normalized spacial score (nSPS) is 11.2. The summed E-state index contributed by atoms with van der Waals surface area (Å²) in [6.07, 6.45) is 1.37. The first-order valence-electron chi connectivity index (χ1n) is 6.17. The molecule has 0 N–H and O–H groups in total. The monoisotopic (exact) mass is 253 g/mol. The molecule has 1 aromatic carbocycles. The minimum atomic E-state index is 0.235. The molecule has 1 rings (SSSR count). The van der Waals surface area contributed by atoms with Crippen LogP contribution in [0.3, 0.4) is 0 Å². The van der Waals surface area contributed by atoms with Crippen LogP contribution in [0, 0.1) is 0 Å². The lowest BCUT2D eigenvalue weighted by Crippen LogP contribution is -2.19. The predicted octanol–water partition coefficient (Wildman–Crippen LogP) is 3.23. The molecule has 1 aromatic rings. The molecule has 96 valence electrons. The van der Waals surface area contributed by atoms with E-state index in [4.69, 9.17) is 4.74 Å². The van der Waals surface area contributed by atoms with Crippen molar-refractivity contribution in [3.05, 3.63) is 29.8 Å². The highest BCUT2D eigenvalue weighted by Gasteiger charge is 2.01. The first-order valence-corrected chi connectivity index (χ1v) is 6.80. The van der Waals surface area contributed by atoms with Crippen LogP contribution in [0.2, 0.25) is 0 Å². The molecule has 0 heterocycles. The Labute approximate surface area is 110 Å². The first kappa shape index (κ1) is 14.4. The zero-order valence-corrected chi connectivity index (χ0v) is 11.9. The Morgan fingerprint density at radius 3 is 2.41 bits per heavy atom. The van der Waals surface area contributed by atoms with E-state index in [-0.39, 0.29) is 6.10 Å². The van der Waals surface area contributed by atoms with Crippen molar-refractivity contribution in [3.8, 4) is 5.75 Å². The van der Waals surface area contributed by atoms with Gasteiger partial charge in [0.1, 0.15) is 5.75 Å². The molecule has 0 atom stereocenters. The van der Waals surface area contributed by atoms with Crippen molar-refractivity contribution in [1.82, 2.24) is 4.90 Å². The Morgan fingerprint density at radius 2 is 1.88 bits per heavy atom. The minimum absolute atomic E-state index is 0.235. The van der Waals surface area contributed by atoms with Crippen LogP contribution in [0.25, 0.3) is 0 Å². The van der Waals surface area contributed by atoms with E-state index in [9.17, 15) is 0 Å². The van der Waals surface area contributed by atoms with Gasteiger partial charge in [-0.25, -0.2) is 0 Å². The Bertz CT molecular complexity index is 311. The quantitative estimate of drug-likeness (QED) is 0.749. The Hall–Kier alpha value is -0.670. The van der Waals surface area contributed by atoms with E-state index in [1.54, 1.807) is 0 Å². The van der Waals surface area contributed by atoms with E-state index in [1.807, 2.05) is 26.0 Å². The highest BCUT2D eigenvalue weighted by molar-refractivity contribution is 7.80. The zero-order chi connectivity index (χ0) is 12.7. The van der Waals surface area contributed by atoms with E-state index in [0.717, 1.165) is 31.0 Å². The zero-order valence-electron chi connectivity index (χ0n) is 11.0. The van der Waals surface area contributed by atoms with Gasteiger partial charge in [-0.05, 0) is 57.3 Å². The van der Waals surface area contributed by atoms with Gasteiger partial charge < -0.3 is 9.64 Å². The molecule has 0 aliphatic heterocycles. The molecular formula is C14H23NOS. The maximum atomic E-state index is 5.62. The molecular weight excluding hydrogens is 230 g/mol. The molecule has 17 heavy (non-hydrogen) atoms. The van der Waals surface area contributed by atoms with Gasteiger partial charge in [-0.1, -0.05) is 12.1 Å². The predicted molar refractivity (Wildman–Crippen MR) is 77.0 cm³/mol. The minimum Gasteiger partial charge on any atom is -0.491 e. The van der Waals surface area contributed by atoms with Gasteiger partial charge >= 0.3 is 0 Å². The SMILES string of the molecule is CC(C)Oc1ccc(CN(C)CCCS)cc1. The summed E-state index contributed by atoms with van der Waals surface area (Å²) in [6, 6.07) is 8.35. The fraction of sp³-hybridized carbons (Fsp3) is 0.571. The molecule has 0 bridgehead atoms. The van der Waals surface area contributed by atoms with Crippen molar-refractivity contribution in [2.24, 2.45) is 0 Å². The van der Waals surface area contributed by atoms with Gasteiger partial charge in [0.25, 0.3) is 0 Å². The topological polar surface area (TPSA) is 12.5 Å². The van der Waals surface area contributed by atoms with Crippen LogP contribution in [-0.2, 0) is 6.54 Å². The van der Waals surface area contributed by atoms with Crippen molar-refractivity contribution in [2.45, 2.75) is 32.9 Å². The Balaban J connectivity index is 2.44. The van der Waals surface area contributed by atoms with Crippen LogP contribution in [0.5, 0.6) is 5.75 Å². The van der Waals surface area contributed by atoms with Gasteiger partial charge in [0.05, 0.1) is 6.10 Å². The maximum Gasteiger partial charge on any atom is 0.119 e. The van der Waals surface area contributed by atoms with Crippen molar-refractivity contribution >= 4 is 12.6 Å². The molecule has 3 heteroatoms. The summed E-state index contributed by atoms with van der Waals surface area (Å²) in [5.74, 6) is 1.90. The number of benzene rings is 1. The number of hydrogen-bond donors (Lipinski definition) is 1. The highest BCUT2D eigenvalue weighted by Crippen LogP contribution is 2.14. The van der Waals surface area contributed by atoms with Gasteiger partial charge in [0.2, 0.25) is 0 Å². The van der Waals surface area contributed by atoms with Gasteiger partial charge in [-0.2, -0.15) is 12.6 Å². The summed E-state index contributed by atoms with van der Waals surface area (Å²) in [5, 5.41) is 0. The highest BCUT2D eigenvalue weighted by atomic mass is 32.1. The molecule has 0 amide bonds. The molecule has 0 radical (unpaired) electrons. The van der Waals surface area contributed by atoms with Gasteiger partial charge in [-0.3, -0.25) is 0 Å². The van der Waals surface area contributed by atoms with Gasteiger partial charge in [0, 0.05) is 6.54 Å². The van der Waals surface area contributed by atoms with Crippen LogP contribution in [0.1, 0.15) is 25.8 Å². The molecule has 0 fully saturated rings. The fourth-order valence-electron chi connectivity index (χ4n) is 1.68. The molecule has 0 unspecified atom stereocenters. The first-order chi connectivity index (χ1) is 8.11. The summed E-state index contributed by atoms with van der Waals surface area (Å²) in [7, 11) is 2.14. The molecule has 0 aliphatic rings. The number of hydrogen-bond acceptors (Lipinski definition) is 3. The lowest BCUT2D eigenvalue weighted by atomic mass is 10.2. The third kappa shape index (κ3) is 5.99. The Kier molecular flexibility index (Phi) is 6.45. The Morgan fingerprint density at radius 1 is 1.24 bits per heavy atom. The summed E-state index contributed by atoms with van der Waals surface area (Å²) in [4.78, 5) is 2.31. The third-order valence-electron chi connectivity index (χ3n) is 2.45. The number of nitrogens with zero attached hydrogens (tertiary/aromatic N) is 1. The lowest BCUT2D eigenvalue weighted by molar-refractivity contribution is 0.242. The lowest BCUT2D eigenvalue weighted by Gasteiger charge is -2.16. The molecule has 0 saturated carbocycles. The molecule has 0 aromatic heterocycles. The number of thiol groups is 1. The third-order valence-corrected chi connectivity index (χ3v) is 2.76. The van der Waals surface area contributed by atoms with E-state index >= 15 is 0 Å². The smallest absolute Gasteiger partial charge is 0.119 e. The standard InChI is InChI=1S/C14H23NOS/c1-12(2)16-14-7-5-13(6-8-14)11-15(3)9-4-10-17/h5-8,12,17H,4,9-11H2,1-3H3. The average molecular weight is 253 g/mol. The summed E-state index contributed by atoms with van der Waals surface area (Å²) in [5.41, 5.74) is 1.32. The summed E-state index contributed by atoms with van der Waals surface area (Å²) in [6.45, 7) is 6.15. The van der Waals surface area contributed by atoms with Crippen LogP contribution in [-0.4, -0.2) is 30.3 Å². The molecule has 0 saturated heterocycles. The second-order valence-electron chi connectivity index (χ2n) is 4.63. The molecule has 0 spiro atoms. The van der Waals surface area contributed by atoms with E-state index in [0.29, 0.717) is 0 Å². The second-order valence-corrected chi connectivity index (χ2v) is 5.07. The van der Waals surface area contributed by atoms with E-state index in [2.05, 4.69) is 36.7 Å². The fourth-order valence-corrected chi connectivity index (χ4v) is 1.82. The largest absolute Gasteiger partial charge is 0.491 e. The van der Waals surface area contributed by atoms with Crippen molar-refractivity contribution in [2.75, 3.05) is 19.3 Å². The van der Waals surface area contributed by atoms with E-state index < -0.39 is 0 Å². The van der Waals surface area contributed by atoms with Gasteiger partial charge in [-0.15, -0.1) is 0 Å². The molecule has 0 aliphatic carbocycles. The molecule has 2 nitrogen and oxygen atoms in total. The van der Waals surface area contributed by atoms with Crippen molar-refractivity contribution in [3.63, 3.8) is 0 Å². The van der Waals surface area contributed by atoms with E-state index in [1.165, 1.54) is 5.56 Å². The van der Waals surface area contributed by atoms with Gasteiger partial charge in [0.15, 0.2) is 0 Å². The van der Waals surface area contributed by atoms with Crippen LogP contribution in [0.4, 0.5) is 0 Å². The number of ether oxygens (including phenoxy) is 1. The van der Waals surface area contributed by atoms with Crippen molar-refractivity contribution < 1.29 is 4.74 Å². The average Bonchev–Trinajstić information content (AvgIpc) is 2.28. The summed E-state index contributed by atoms with van der Waals surface area (Å²) < 4.78 is 5.62. The van der Waals surface area contributed by atoms with Crippen LogP contribution in [0.15, 0.2) is 24.3 Å².